The lowest BCUT2D eigenvalue weighted by Crippen LogP contribution is -2.32. The van der Waals surface area contributed by atoms with Crippen molar-refractivity contribution in [2.75, 3.05) is 7.05 Å². The van der Waals surface area contributed by atoms with Crippen LogP contribution in [0.5, 0.6) is 0 Å². The normalized spacial score (nSPS) is 16.4. The third kappa shape index (κ3) is 3.97. The molecule has 4 amide bonds. The lowest BCUT2D eigenvalue weighted by Gasteiger charge is -2.15. The van der Waals surface area contributed by atoms with Crippen LogP contribution in [0.4, 0.5) is 4.79 Å². The summed E-state index contributed by atoms with van der Waals surface area (Å²) >= 11 is 0. The maximum absolute atomic E-state index is 12.2. The van der Waals surface area contributed by atoms with Crippen molar-refractivity contribution >= 4 is 17.8 Å². The first-order valence-corrected chi connectivity index (χ1v) is 7.61. The number of nitrogens with zero attached hydrogens (tertiary/aromatic N) is 4. The summed E-state index contributed by atoms with van der Waals surface area (Å²) in [6, 6.07) is 2.30. The molecule has 3 heterocycles. The summed E-state index contributed by atoms with van der Waals surface area (Å²) in [6.45, 7) is 0.153. The van der Waals surface area contributed by atoms with E-state index in [1.165, 1.54) is 4.90 Å². The van der Waals surface area contributed by atoms with Gasteiger partial charge in [0.2, 0.25) is 17.6 Å². The summed E-state index contributed by atoms with van der Waals surface area (Å²) in [4.78, 5) is 44.2. The Hall–Kier alpha value is -3.30. The van der Waals surface area contributed by atoms with Crippen LogP contribution in [0.25, 0.3) is 11.4 Å². The molecule has 1 fully saturated rings. The molecule has 1 unspecified atom stereocenters. The average molecular weight is 344 g/mol. The Bertz CT molecular complexity index is 790. The van der Waals surface area contributed by atoms with E-state index in [9.17, 15) is 14.4 Å². The fourth-order valence-electron chi connectivity index (χ4n) is 2.35. The van der Waals surface area contributed by atoms with Crippen molar-refractivity contribution in [3.05, 3.63) is 30.4 Å². The van der Waals surface area contributed by atoms with Gasteiger partial charge in [0.05, 0.1) is 6.54 Å². The van der Waals surface area contributed by atoms with Gasteiger partial charge in [-0.3, -0.25) is 19.9 Å². The third-order valence-electron chi connectivity index (χ3n) is 3.71. The Morgan fingerprint density at radius 3 is 2.76 bits per heavy atom. The number of imide groups is 1. The van der Waals surface area contributed by atoms with E-state index in [2.05, 4.69) is 25.8 Å². The minimum Gasteiger partial charge on any atom is -0.337 e. The molecule has 2 aromatic heterocycles. The molecule has 3 rings (SSSR count). The van der Waals surface area contributed by atoms with E-state index in [0.717, 1.165) is 5.56 Å². The second kappa shape index (κ2) is 7.07. The van der Waals surface area contributed by atoms with E-state index >= 15 is 0 Å². The number of aromatic nitrogens is 3. The predicted molar refractivity (Wildman–Crippen MR) is 83.7 cm³/mol. The van der Waals surface area contributed by atoms with E-state index in [1.54, 1.807) is 31.6 Å². The topological polar surface area (TPSA) is 130 Å². The fourth-order valence-corrected chi connectivity index (χ4v) is 2.35. The van der Waals surface area contributed by atoms with Crippen LogP contribution in [0.15, 0.2) is 29.0 Å². The van der Waals surface area contributed by atoms with E-state index < -0.39 is 18.0 Å². The van der Waals surface area contributed by atoms with Gasteiger partial charge in [0.15, 0.2) is 0 Å². The molecule has 2 aromatic rings. The average Bonchev–Trinajstić information content (AvgIpc) is 3.19. The highest BCUT2D eigenvalue weighted by Crippen LogP contribution is 2.15. The summed E-state index contributed by atoms with van der Waals surface area (Å²) < 4.78 is 5.15. The van der Waals surface area contributed by atoms with E-state index in [1.807, 2.05) is 0 Å². The second-order valence-electron chi connectivity index (χ2n) is 5.55. The number of rotatable bonds is 6. The lowest BCUT2D eigenvalue weighted by molar-refractivity contribution is -0.131. The first-order chi connectivity index (χ1) is 12.0. The van der Waals surface area contributed by atoms with Gasteiger partial charge in [-0.05, 0) is 18.6 Å². The molecule has 130 valence electrons. The van der Waals surface area contributed by atoms with Crippen LogP contribution in [0.2, 0.25) is 0 Å². The Morgan fingerprint density at radius 1 is 1.32 bits per heavy atom. The molecule has 0 radical (unpaired) electrons. The number of carbonyl (C=O) groups excluding carboxylic acids is 3. The summed E-state index contributed by atoms with van der Waals surface area (Å²) in [6.07, 6.45) is 3.59. The Labute approximate surface area is 142 Å². The molecular formula is C15H16N6O4. The van der Waals surface area contributed by atoms with Crippen molar-refractivity contribution in [2.24, 2.45) is 0 Å². The first-order valence-electron chi connectivity index (χ1n) is 7.61. The Morgan fingerprint density at radius 2 is 2.08 bits per heavy atom. The second-order valence-corrected chi connectivity index (χ2v) is 5.55. The molecule has 2 N–H and O–H groups in total. The smallest absolute Gasteiger partial charge is 0.322 e. The van der Waals surface area contributed by atoms with Crippen molar-refractivity contribution in [3.63, 3.8) is 0 Å². The molecule has 10 nitrogen and oxygen atoms in total. The van der Waals surface area contributed by atoms with Gasteiger partial charge >= 0.3 is 6.03 Å². The van der Waals surface area contributed by atoms with Crippen LogP contribution in [-0.2, 0) is 16.1 Å². The van der Waals surface area contributed by atoms with Crippen molar-refractivity contribution in [1.29, 1.82) is 0 Å². The summed E-state index contributed by atoms with van der Waals surface area (Å²) in [5, 5.41) is 8.45. The van der Waals surface area contributed by atoms with E-state index in [-0.39, 0.29) is 25.3 Å². The zero-order chi connectivity index (χ0) is 17.8. The zero-order valence-electron chi connectivity index (χ0n) is 13.4. The van der Waals surface area contributed by atoms with Crippen LogP contribution in [0.1, 0.15) is 18.7 Å². The molecule has 1 atom stereocenters. The van der Waals surface area contributed by atoms with Crippen LogP contribution in [0.3, 0.4) is 0 Å². The number of pyridine rings is 1. The van der Waals surface area contributed by atoms with Gasteiger partial charge in [-0.25, -0.2) is 4.79 Å². The molecule has 0 bridgehead atoms. The largest absolute Gasteiger partial charge is 0.337 e. The number of carbonyl (C=O) groups is 3. The highest BCUT2D eigenvalue weighted by Gasteiger charge is 2.29. The standard InChI is InChI=1S/C15H16N6O4/c1-21(12(22)3-2-10-14(23)19-15(24)17-10)8-11-18-13(20-25-11)9-4-6-16-7-5-9/h4-7,10H,2-3,8H2,1H3,(H2,17,19,23,24). The number of hydrogen-bond acceptors (Lipinski definition) is 7. The number of urea groups is 1. The lowest BCUT2D eigenvalue weighted by atomic mass is 10.1. The van der Waals surface area contributed by atoms with Gasteiger partial charge in [0.1, 0.15) is 6.04 Å². The minimum atomic E-state index is -0.674. The van der Waals surface area contributed by atoms with Crippen molar-refractivity contribution in [1.82, 2.24) is 30.7 Å². The minimum absolute atomic E-state index is 0.111. The van der Waals surface area contributed by atoms with E-state index in [0.29, 0.717) is 11.7 Å². The highest BCUT2D eigenvalue weighted by atomic mass is 16.5. The zero-order valence-corrected chi connectivity index (χ0v) is 13.4. The molecule has 1 aliphatic heterocycles. The fraction of sp³-hybridized carbons (Fsp3) is 0.333. The van der Waals surface area contributed by atoms with Gasteiger partial charge in [-0.1, -0.05) is 5.16 Å². The number of hydrogen-bond donors (Lipinski definition) is 2. The molecular weight excluding hydrogens is 328 g/mol. The first kappa shape index (κ1) is 16.6. The Balaban J connectivity index is 1.52. The van der Waals surface area contributed by atoms with Gasteiger partial charge in [-0.2, -0.15) is 4.98 Å². The quantitative estimate of drug-likeness (QED) is 0.709. The predicted octanol–water partition coefficient (Wildman–Crippen LogP) is 0.0782. The van der Waals surface area contributed by atoms with Crippen LogP contribution in [-0.4, -0.2) is 51.0 Å². The molecule has 0 spiro atoms. The molecule has 0 aromatic carbocycles. The summed E-state index contributed by atoms with van der Waals surface area (Å²) in [7, 11) is 1.60. The number of nitrogens with one attached hydrogen (secondary N) is 2. The number of amides is 4. The van der Waals surface area contributed by atoms with Crippen LogP contribution in [0, 0.1) is 0 Å². The van der Waals surface area contributed by atoms with E-state index in [4.69, 9.17) is 4.52 Å². The molecule has 0 saturated carbocycles. The SMILES string of the molecule is CN(Cc1nc(-c2ccncc2)no1)C(=O)CCC1NC(=O)NC1=O. The molecule has 1 saturated heterocycles. The van der Waals surface area contributed by atoms with Crippen molar-refractivity contribution in [3.8, 4) is 11.4 Å². The maximum Gasteiger partial charge on any atom is 0.322 e. The van der Waals surface area contributed by atoms with Crippen LogP contribution < -0.4 is 10.6 Å². The molecule has 0 aliphatic carbocycles. The Kier molecular flexibility index (Phi) is 4.68. The van der Waals surface area contributed by atoms with Crippen LogP contribution >= 0.6 is 0 Å². The van der Waals surface area contributed by atoms with Gasteiger partial charge in [0, 0.05) is 31.4 Å². The third-order valence-corrected chi connectivity index (χ3v) is 3.71. The van der Waals surface area contributed by atoms with Gasteiger partial charge < -0.3 is 14.7 Å². The van der Waals surface area contributed by atoms with Crippen molar-refractivity contribution < 1.29 is 18.9 Å². The van der Waals surface area contributed by atoms with Crippen molar-refractivity contribution in [2.45, 2.75) is 25.4 Å². The molecule has 10 heteroatoms. The summed E-state index contributed by atoms with van der Waals surface area (Å²) in [5.41, 5.74) is 0.766. The van der Waals surface area contributed by atoms with Gasteiger partial charge in [-0.15, -0.1) is 0 Å². The highest BCUT2D eigenvalue weighted by molar-refractivity contribution is 6.04. The molecule has 1 aliphatic rings. The molecule has 25 heavy (non-hydrogen) atoms. The van der Waals surface area contributed by atoms with Gasteiger partial charge in [0.25, 0.3) is 5.91 Å². The summed E-state index contributed by atoms with van der Waals surface area (Å²) in [5.74, 6) is 0.107. The monoisotopic (exact) mass is 344 g/mol. The maximum atomic E-state index is 12.2.